The first-order chi connectivity index (χ1) is 7.75. The Hall–Kier alpha value is -0.0400. The normalized spacial score (nSPS) is 38.6. The summed E-state index contributed by atoms with van der Waals surface area (Å²) in [7, 11) is 0. The van der Waals surface area contributed by atoms with Crippen LogP contribution in [-0.2, 0) is 0 Å². The molecule has 0 aliphatic carbocycles. The van der Waals surface area contributed by atoms with Gasteiger partial charge in [0.25, 0.3) is 0 Å². The number of piperidine rings is 1. The van der Waals surface area contributed by atoms with Crippen molar-refractivity contribution in [2.24, 2.45) is 17.3 Å². The first-order valence-electron chi connectivity index (χ1n) is 7.52. The van der Waals surface area contributed by atoms with E-state index < -0.39 is 0 Å². The second-order valence-electron chi connectivity index (χ2n) is 7.04. The largest absolute Gasteiger partial charge is 0.295 e. The predicted molar refractivity (Wildman–Crippen MR) is 77.2 cm³/mol. The highest BCUT2D eigenvalue weighted by Crippen LogP contribution is 2.47. The molecular weight excluding hydrogens is 206 g/mol. The number of likely N-dealkylation sites (tertiary alicyclic amines) is 1. The third kappa shape index (κ3) is 2.54. The summed E-state index contributed by atoms with van der Waals surface area (Å²) in [6, 6.07) is 2.14. The van der Waals surface area contributed by atoms with E-state index in [2.05, 4.69) is 60.3 Å². The summed E-state index contributed by atoms with van der Waals surface area (Å²) in [5, 5.41) is 0. The molecule has 0 N–H and O–H groups in total. The Labute approximate surface area is 109 Å². The molecule has 0 aromatic rings. The average Bonchev–Trinajstić information content (AvgIpc) is 2.23. The third-order valence-electron chi connectivity index (χ3n) is 5.68. The minimum absolute atomic E-state index is 0.463. The maximum atomic E-state index is 2.78. The summed E-state index contributed by atoms with van der Waals surface area (Å²) in [5.41, 5.74) is 0.463. The zero-order chi connectivity index (χ0) is 13.4. The van der Waals surface area contributed by atoms with Crippen LogP contribution in [0.4, 0.5) is 0 Å². The summed E-state index contributed by atoms with van der Waals surface area (Å²) in [4.78, 5) is 2.78. The van der Waals surface area contributed by atoms with Crippen molar-refractivity contribution >= 4 is 0 Å². The first kappa shape index (κ1) is 15.0. The van der Waals surface area contributed by atoms with Gasteiger partial charge in [0.15, 0.2) is 0 Å². The monoisotopic (exact) mass is 239 g/mol. The minimum Gasteiger partial charge on any atom is -0.295 e. The molecule has 0 aromatic heterocycles. The van der Waals surface area contributed by atoms with Gasteiger partial charge in [-0.15, -0.1) is 0 Å². The fraction of sp³-hybridized carbons (Fsp3) is 1.00. The van der Waals surface area contributed by atoms with Crippen molar-refractivity contribution in [3.63, 3.8) is 0 Å². The summed E-state index contributed by atoms with van der Waals surface area (Å²) >= 11 is 0. The van der Waals surface area contributed by atoms with Crippen LogP contribution in [0, 0.1) is 17.3 Å². The molecule has 0 amide bonds. The Bertz CT molecular complexity index is 244. The van der Waals surface area contributed by atoms with Gasteiger partial charge in [-0.2, -0.15) is 0 Å². The zero-order valence-electron chi connectivity index (χ0n) is 13.2. The number of hydrogen-bond acceptors (Lipinski definition) is 1. The lowest BCUT2D eigenvalue weighted by Crippen LogP contribution is -2.61. The highest BCUT2D eigenvalue weighted by atomic mass is 15.2. The van der Waals surface area contributed by atoms with E-state index in [-0.39, 0.29) is 0 Å². The lowest BCUT2D eigenvalue weighted by Gasteiger charge is -2.57. The Balaban J connectivity index is 3.05. The zero-order valence-corrected chi connectivity index (χ0v) is 13.2. The van der Waals surface area contributed by atoms with E-state index in [0.29, 0.717) is 17.5 Å². The number of rotatable bonds is 3. The fourth-order valence-corrected chi connectivity index (χ4v) is 3.90. The Morgan fingerprint density at radius 3 is 2.00 bits per heavy atom. The third-order valence-corrected chi connectivity index (χ3v) is 5.68. The first-order valence-corrected chi connectivity index (χ1v) is 7.52. The summed E-state index contributed by atoms with van der Waals surface area (Å²) in [6.07, 6.45) is 2.65. The predicted octanol–water partition coefficient (Wildman–Crippen LogP) is 4.57. The SMILES string of the molecule is CCCC1C(C)C(C)(C)C(C)C(C)N1C(C)C. The molecule has 4 unspecified atom stereocenters. The van der Waals surface area contributed by atoms with Crippen molar-refractivity contribution in [1.29, 1.82) is 0 Å². The molecule has 0 saturated carbocycles. The van der Waals surface area contributed by atoms with Crippen molar-refractivity contribution in [1.82, 2.24) is 4.90 Å². The molecule has 1 nitrogen and oxygen atoms in total. The van der Waals surface area contributed by atoms with Crippen LogP contribution in [0.15, 0.2) is 0 Å². The number of nitrogens with zero attached hydrogens (tertiary/aromatic N) is 1. The van der Waals surface area contributed by atoms with E-state index in [4.69, 9.17) is 0 Å². The van der Waals surface area contributed by atoms with Crippen LogP contribution in [0.2, 0.25) is 0 Å². The van der Waals surface area contributed by atoms with Gasteiger partial charge in [0.1, 0.15) is 0 Å². The van der Waals surface area contributed by atoms with Crippen LogP contribution in [0.25, 0.3) is 0 Å². The molecule has 1 heterocycles. The molecule has 1 aliphatic heterocycles. The molecule has 0 bridgehead atoms. The highest BCUT2D eigenvalue weighted by molar-refractivity contribution is 5.00. The molecular formula is C16H33N. The van der Waals surface area contributed by atoms with Crippen LogP contribution in [-0.4, -0.2) is 23.0 Å². The van der Waals surface area contributed by atoms with E-state index in [1.165, 1.54) is 12.8 Å². The standard InChI is InChI=1S/C16H33N/c1-9-10-15-13(5)16(7,8)12(4)14(6)17(15)11(2)3/h11-15H,9-10H2,1-8H3. The van der Waals surface area contributed by atoms with Crippen LogP contribution >= 0.6 is 0 Å². The van der Waals surface area contributed by atoms with Crippen LogP contribution in [0.5, 0.6) is 0 Å². The van der Waals surface area contributed by atoms with Gasteiger partial charge < -0.3 is 0 Å². The van der Waals surface area contributed by atoms with Crippen LogP contribution in [0.3, 0.4) is 0 Å². The quantitative estimate of drug-likeness (QED) is 0.697. The van der Waals surface area contributed by atoms with Gasteiger partial charge in [-0.25, -0.2) is 0 Å². The van der Waals surface area contributed by atoms with Crippen molar-refractivity contribution in [2.75, 3.05) is 0 Å². The lowest BCUT2D eigenvalue weighted by molar-refractivity contribution is -0.0881. The Kier molecular flexibility index (Phi) is 4.68. The number of hydrogen-bond donors (Lipinski definition) is 0. The van der Waals surface area contributed by atoms with E-state index in [1.807, 2.05) is 0 Å². The molecule has 0 aromatic carbocycles. The van der Waals surface area contributed by atoms with Gasteiger partial charge in [-0.3, -0.25) is 4.90 Å². The van der Waals surface area contributed by atoms with Crippen molar-refractivity contribution in [2.45, 2.75) is 86.4 Å². The van der Waals surface area contributed by atoms with Gasteiger partial charge in [0.2, 0.25) is 0 Å². The Morgan fingerprint density at radius 2 is 1.59 bits per heavy atom. The molecule has 0 spiro atoms. The van der Waals surface area contributed by atoms with E-state index in [0.717, 1.165) is 17.9 Å². The summed E-state index contributed by atoms with van der Waals surface area (Å²) < 4.78 is 0. The van der Waals surface area contributed by atoms with Gasteiger partial charge in [-0.05, 0) is 44.4 Å². The maximum Gasteiger partial charge on any atom is 0.0132 e. The Morgan fingerprint density at radius 1 is 1.06 bits per heavy atom. The molecule has 1 heteroatoms. The maximum absolute atomic E-state index is 2.78. The summed E-state index contributed by atoms with van der Waals surface area (Å²) in [6.45, 7) is 19.3. The minimum atomic E-state index is 0.463. The van der Waals surface area contributed by atoms with Gasteiger partial charge in [-0.1, -0.05) is 41.0 Å². The molecule has 1 aliphatic rings. The van der Waals surface area contributed by atoms with E-state index in [1.54, 1.807) is 0 Å². The average molecular weight is 239 g/mol. The van der Waals surface area contributed by atoms with Crippen molar-refractivity contribution in [3.05, 3.63) is 0 Å². The van der Waals surface area contributed by atoms with Crippen LogP contribution < -0.4 is 0 Å². The van der Waals surface area contributed by atoms with E-state index in [9.17, 15) is 0 Å². The molecule has 0 radical (unpaired) electrons. The molecule has 17 heavy (non-hydrogen) atoms. The van der Waals surface area contributed by atoms with Crippen LogP contribution in [0.1, 0.15) is 68.2 Å². The molecule has 1 saturated heterocycles. The topological polar surface area (TPSA) is 3.24 Å². The van der Waals surface area contributed by atoms with E-state index >= 15 is 0 Å². The fourth-order valence-electron chi connectivity index (χ4n) is 3.90. The molecule has 1 rings (SSSR count). The van der Waals surface area contributed by atoms with Gasteiger partial charge in [0.05, 0.1) is 0 Å². The van der Waals surface area contributed by atoms with Crippen molar-refractivity contribution in [3.8, 4) is 0 Å². The molecule has 102 valence electrons. The van der Waals surface area contributed by atoms with Gasteiger partial charge in [0, 0.05) is 18.1 Å². The van der Waals surface area contributed by atoms with Crippen molar-refractivity contribution < 1.29 is 0 Å². The lowest BCUT2D eigenvalue weighted by atomic mass is 9.61. The van der Waals surface area contributed by atoms with Gasteiger partial charge >= 0.3 is 0 Å². The second kappa shape index (κ2) is 5.30. The molecule has 4 atom stereocenters. The summed E-state index contributed by atoms with van der Waals surface area (Å²) in [5.74, 6) is 1.56. The highest BCUT2D eigenvalue weighted by Gasteiger charge is 2.48. The smallest absolute Gasteiger partial charge is 0.0132 e. The molecule has 1 fully saturated rings. The second-order valence-corrected chi connectivity index (χ2v) is 7.04.